The SMILES string of the molecule is CCCNC(=O)CCC(=O)NC. The molecule has 70 valence electrons. The summed E-state index contributed by atoms with van der Waals surface area (Å²) in [5.74, 6) is -0.151. The highest BCUT2D eigenvalue weighted by molar-refractivity contribution is 5.83. The maximum absolute atomic E-state index is 10.9. The van der Waals surface area contributed by atoms with E-state index in [-0.39, 0.29) is 24.7 Å². The topological polar surface area (TPSA) is 58.2 Å². The van der Waals surface area contributed by atoms with Crippen molar-refractivity contribution in [2.75, 3.05) is 13.6 Å². The molecule has 0 fully saturated rings. The van der Waals surface area contributed by atoms with Crippen molar-refractivity contribution in [1.82, 2.24) is 10.6 Å². The zero-order chi connectivity index (χ0) is 9.40. The lowest BCUT2D eigenvalue weighted by molar-refractivity contribution is -0.126. The molecule has 0 aromatic heterocycles. The fourth-order valence-electron chi connectivity index (χ4n) is 0.705. The van der Waals surface area contributed by atoms with Gasteiger partial charge in [-0.15, -0.1) is 0 Å². The van der Waals surface area contributed by atoms with Gasteiger partial charge in [-0.25, -0.2) is 0 Å². The van der Waals surface area contributed by atoms with Crippen LogP contribution in [0.2, 0.25) is 0 Å². The van der Waals surface area contributed by atoms with Gasteiger partial charge in [0.2, 0.25) is 11.8 Å². The van der Waals surface area contributed by atoms with Crippen LogP contribution in [-0.4, -0.2) is 25.4 Å². The molecule has 0 aromatic rings. The summed E-state index contributed by atoms with van der Waals surface area (Å²) in [6.07, 6.45) is 1.47. The van der Waals surface area contributed by atoms with Gasteiger partial charge in [0.1, 0.15) is 0 Å². The van der Waals surface area contributed by atoms with Crippen LogP contribution in [-0.2, 0) is 9.59 Å². The van der Waals surface area contributed by atoms with Crippen molar-refractivity contribution in [3.63, 3.8) is 0 Å². The Morgan fingerprint density at radius 1 is 1.17 bits per heavy atom. The van der Waals surface area contributed by atoms with E-state index < -0.39 is 0 Å². The van der Waals surface area contributed by atoms with Crippen molar-refractivity contribution in [3.05, 3.63) is 0 Å². The minimum absolute atomic E-state index is 0.0551. The van der Waals surface area contributed by atoms with Crippen molar-refractivity contribution < 1.29 is 9.59 Å². The van der Waals surface area contributed by atoms with Crippen LogP contribution in [0, 0.1) is 0 Å². The number of hydrogen-bond acceptors (Lipinski definition) is 2. The highest BCUT2D eigenvalue weighted by Crippen LogP contribution is 1.88. The summed E-state index contributed by atoms with van der Waals surface area (Å²) in [6.45, 7) is 2.67. The van der Waals surface area contributed by atoms with Gasteiger partial charge < -0.3 is 10.6 Å². The molecule has 0 atom stereocenters. The molecule has 0 aliphatic heterocycles. The molecule has 0 aliphatic rings. The molecule has 0 heterocycles. The van der Waals surface area contributed by atoms with E-state index in [1.807, 2.05) is 6.92 Å². The lowest BCUT2D eigenvalue weighted by Gasteiger charge is -2.01. The molecule has 2 amide bonds. The largest absolute Gasteiger partial charge is 0.359 e. The second-order valence-corrected chi connectivity index (χ2v) is 2.52. The number of carbonyl (C=O) groups excluding carboxylic acids is 2. The Kier molecular flexibility index (Phi) is 6.05. The normalized spacial score (nSPS) is 9.17. The van der Waals surface area contributed by atoms with Gasteiger partial charge in [0.15, 0.2) is 0 Å². The van der Waals surface area contributed by atoms with E-state index in [1.54, 1.807) is 7.05 Å². The lowest BCUT2D eigenvalue weighted by atomic mass is 10.3. The van der Waals surface area contributed by atoms with Gasteiger partial charge >= 0.3 is 0 Å². The molecule has 0 bridgehead atoms. The van der Waals surface area contributed by atoms with Gasteiger partial charge in [0.25, 0.3) is 0 Å². The Labute approximate surface area is 72.7 Å². The average molecular weight is 172 g/mol. The van der Waals surface area contributed by atoms with Crippen molar-refractivity contribution in [2.45, 2.75) is 26.2 Å². The summed E-state index contributed by atoms with van der Waals surface area (Å²) in [5, 5.41) is 5.15. The maximum Gasteiger partial charge on any atom is 0.220 e. The smallest absolute Gasteiger partial charge is 0.220 e. The van der Waals surface area contributed by atoms with E-state index in [0.717, 1.165) is 6.42 Å². The van der Waals surface area contributed by atoms with Crippen LogP contribution in [0.3, 0.4) is 0 Å². The molecule has 0 radical (unpaired) electrons. The molecule has 2 N–H and O–H groups in total. The number of hydrogen-bond donors (Lipinski definition) is 2. The van der Waals surface area contributed by atoms with Crippen LogP contribution < -0.4 is 10.6 Å². The number of nitrogens with one attached hydrogen (secondary N) is 2. The summed E-state index contributed by atoms with van der Waals surface area (Å²) in [5.41, 5.74) is 0. The van der Waals surface area contributed by atoms with Crippen LogP contribution in [0.1, 0.15) is 26.2 Å². The fourth-order valence-corrected chi connectivity index (χ4v) is 0.705. The first-order valence-corrected chi connectivity index (χ1v) is 4.18. The van der Waals surface area contributed by atoms with Gasteiger partial charge in [0, 0.05) is 26.4 Å². The highest BCUT2D eigenvalue weighted by atomic mass is 16.2. The Bertz CT molecular complexity index is 157. The van der Waals surface area contributed by atoms with Gasteiger partial charge in [-0.1, -0.05) is 6.92 Å². The third-order valence-corrected chi connectivity index (χ3v) is 1.43. The average Bonchev–Trinajstić information content (AvgIpc) is 2.10. The van der Waals surface area contributed by atoms with E-state index in [2.05, 4.69) is 10.6 Å². The molecular formula is C8H16N2O2. The Hall–Kier alpha value is -1.06. The van der Waals surface area contributed by atoms with E-state index in [9.17, 15) is 9.59 Å². The minimum Gasteiger partial charge on any atom is -0.359 e. The van der Waals surface area contributed by atoms with E-state index in [4.69, 9.17) is 0 Å². The van der Waals surface area contributed by atoms with Crippen molar-refractivity contribution in [3.8, 4) is 0 Å². The molecule has 0 saturated carbocycles. The summed E-state index contributed by atoms with van der Waals surface area (Å²) in [7, 11) is 1.56. The Morgan fingerprint density at radius 2 is 1.75 bits per heavy atom. The van der Waals surface area contributed by atoms with Crippen LogP contribution in [0.4, 0.5) is 0 Å². The zero-order valence-electron chi connectivity index (χ0n) is 7.64. The van der Waals surface area contributed by atoms with Crippen LogP contribution in [0.25, 0.3) is 0 Å². The highest BCUT2D eigenvalue weighted by Gasteiger charge is 2.03. The predicted molar refractivity (Wildman–Crippen MR) is 46.6 cm³/mol. The monoisotopic (exact) mass is 172 g/mol. The summed E-state index contributed by atoms with van der Waals surface area (Å²) in [4.78, 5) is 21.6. The van der Waals surface area contributed by atoms with E-state index in [1.165, 1.54) is 0 Å². The summed E-state index contributed by atoms with van der Waals surface area (Å²) in [6, 6.07) is 0. The minimum atomic E-state index is -0.0957. The number of carbonyl (C=O) groups is 2. The Morgan fingerprint density at radius 3 is 2.25 bits per heavy atom. The second kappa shape index (κ2) is 6.64. The molecular weight excluding hydrogens is 156 g/mol. The first kappa shape index (κ1) is 10.9. The van der Waals surface area contributed by atoms with Gasteiger partial charge in [-0.05, 0) is 6.42 Å². The van der Waals surface area contributed by atoms with E-state index >= 15 is 0 Å². The second-order valence-electron chi connectivity index (χ2n) is 2.52. The predicted octanol–water partition coefficient (Wildman–Crippen LogP) is 0.0388. The maximum atomic E-state index is 10.9. The standard InChI is InChI=1S/C8H16N2O2/c1-3-6-10-8(12)5-4-7(11)9-2/h3-6H2,1-2H3,(H,9,11)(H,10,12). The quantitative estimate of drug-likeness (QED) is 0.615. The third-order valence-electron chi connectivity index (χ3n) is 1.43. The molecule has 0 saturated heterocycles. The molecule has 0 aliphatic carbocycles. The number of rotatable bonds is 5. The molecule has 0 unspecified atom stereocenters. The fraction of sp³-hybridized carbons (Fsp3) is 0.750. The molecule has 0 rings (SSSR count). The molecule has 4 heteroatoms. The van der Waals surface area contributed by atoms with Gasteiger partial charge in [-0.3, -0.25) is 9.59 Å². The molecule has 4 nitrogen and oxygen atoms in total. The summed E-state index contributed by atoms with van der Waals surface area (Å²) < 4.78 is 0. The van der Waals surface area contributed by atoms with Crippen LogP contribution in [0.5, 0.6) is 0 Å². The first-order chi connectivity index (χ1) is 5.70. The van der Waals surface area contributed by atoms with Gasteiger partial charge in [-0.2, -0.15) is 0 Å². The zero-order valence-corrected chi connectivity index (χ0v) is 7.64. The van der Waals surface area contributed by atoms with Crippen LogP contribution >= 0.6 is 0 Å². The van der Waals surface area contributed by atoms with Crippen molar-refractivity contribution in [2.24, 2.45) is 0 Å². The summed E-state index contributed by atoms with van der Waals surface area (Å²) >= 11 is 0. The van der Waals surface area contributed by atoms with E-state index in [0.29, 0.717) is 6.54 Å². The molecule has 0 aromatic carbocycles. The van der Waals surface area contributed by atoms with Crippen LogP contribution in [0.15, 0.2) is 0 Å². The Balaban J connectivity index is 3.37. The molecule has 0 spiro atoms. The van der Waals surface area contributed by atoms with Gasteiger partial charge in [0.05, 0.1) is 0 Å². The third kappa shape index (κ3) is 5.70. The lowest BCUT2D eigenvalue weighted by Crippen LogP contribution is -2.26. The first-order valence-electron chi connectivity index (χ1n) is 4.18. The molecule has 12 heavy (non-hydrogen) atoms. The van der Waals surface area contributed by atoms with Crippen molar-refractivity contribution >= 4 is 11.8 Å². The number of amides is 2. The van der Waals surface area contributed by atoms with Crippen molar-refractivity contribution in [1.29, 1.82) is 0 Å².